The molecule has 2 saturated heterocycles. The summed E-state index contributed by atoms with van der Waals surface area (Å²) in [5, 5.41) is 0. The Morgan fingerprint density at radius 2 is 1.63 bits per heavy atom. The van der Waals surface area contributed by atoms with Crippen molar-refractivity contribution in [3.8, 4) is 5.75 Å². The van der Waals surface area contributed by atoms with E-state index >= 15 is 0 Å². The Morgan fingerprint density at radius 1 is 0.921 bits per heavy atom. The molecule has 0 N–H and O–H groups in total. The number of benzene rings is 3. The van der Waals surface area contributed by atoms with Crippen LogP contribution in [0.5, 0.6) is 5.75 Å². The fourth-order valence-corrected chi connectivity index (χ4v) is 6.14. The van der Waals surface area contributed by atoms with Gasteiger partial charge in [-0.1, -0.05) is 71.8 Å². The second kappa shape index (κ2) is 9.87. The first-order chi connectivity index (χ1) is 18.5. The molecule has 3 aromatic carbocycles. The van der Waals surface area contributed by atoms with Gasteiger partial charge in [0, 0.05) is 15.7 Å². The fourth-order valence-electron chi connectivity index (χ4n) is 5.88. The van der Waals surface area contributed by atoms with Crippen LogP contribution in [0.25, 0.3) is 6.08 Å². The predicted molar refractivity (Wildman–Crippen MR) is 150 cm³/mol. The summed E-state index contributed by atoms with van der Waals surface area (Å²) in [5.41, 5.74) is 2.84. The van der Waals surface area contributed by atoms with Gasteiger partial charge in [-0.3, -0.25) is 14.4 Å². The van der Waals surface area contributed by atoms with Crippen molar-refractivity contribution in [2.45, 2.75) is 31.8 Å². The Bertz CT molecular complexity index is 1430. The first-order valence-electron chi connectivity index (χ1n) is 13.0. The van der Waals surface area contributed by atoms with Crippen molar-refractivity contribution in [1.82, 2.24) is 0 Å². The maximum Gasteiger partial charge on any atom is 0.240 e. The summed E-state index contributed by atoms with van der Waals surface area (Å²) >= 11 is 3.43. The molecule has 192 valence electrons. The Labute approximate surface area is 230 Å². The van der Waals surface area contributed by atoms with E-state index in [0.717, 1.165) is 28.6 Å². The smallest absolute Gasteiger partial charge is 0.240 e. The van der Waals surface area contributed by atoms with Crippen LogP contribution in [0.4, 0.5) is 11.4 Å². The monoisotopic (exact) mass is 570 g/mol. The SMILES string of the molecule is CCCCOc1ccc(N2C(=O)C3C(C2=O)C(C(=O)c2ccc(Br)cc2)N2c4ccccc4C=CC32)cc1. The Morgan fingerprint density at radius 3 is 2.37 bits per heavy atom. The fraction of sp³-hybridized carbons (Fsp3) is 0.258. The molecule has 6 rings (SSSR count). The van der Waals surface area contributed by atoms with Crippen molar-refractivity contribution in [3.63, 3.8) is 0 Å². The molecule has 0 saturated carbocycles. The number of hydrogen-bond donors (Lipinski definition) is 0. The molecule has 0 bridgehead atoms. The number of rotatable bonds is 7. The topological polar surface area (TPSA) is 66.9 Å². The lowest BCUT2D eigenvalue weighted by Crippen LogP contribution is -2.48. The minimum absolute atomic E-state index is 0.164. The number of carbonyl (C=O) groups excluding carboxylic acids is 3. The van der Waals surface area contributed by atoms with Crippen LogP contribution in [0.1, 0.15) is 35.7 Å². The van der Waals surface area contributed by atoms with E-state index in [1.807, 2.05) is 53.5 Å². The summed E-state index contributed by atoms with van der Waals surface area (Å²) in [6, 6.07) is 20.8. The first-order valence-corrected chi connectivity index (χ1v) is 13.7. The molecule has 0 radical (unpaired) electrons. The summed E-state index contributed by atoms with van der Waals surface area (Å²) in [7, 11) is 0. The lowest BCUT2D eigenvalue weighted by Gasteiger charge is -2.36. The normalized spacial score (nSPS) is 23.3. The molecule has 3 aromatic rings. The zero-order valence-electron chi connectivity index (χ0n) is 20.9. The second-order valence-electron chi connectivity index (χ2n) is 9.89. The predicted octanol–water partition coefficient (Wildman–Crippen LogP) is 5.90. The molecule has 3 aliphatic heterocycles. The van der Waals surface area contributed by atoms with Gasteiger partial charge in [-0.2, -0.15) is 0 Å². The van der Waals surface area contributed by atoms with Crippen LogP contribution in [-0.4, -0.2) is 36.3 Å². The van der Waals surface area contributed by atoms with E-state index in [2.05, 4.69) is 22.9 Å². The Balaban J connectivity index is 1.38. The summed E-state index contributed by atoms with van der Waals surface area (Å²) < 4.78 is 6.61. The second-order valence-corrected chi connectivity index (χ2v) is 10.8. The van der Waals surface area contributed by atoms with Gasteiger partial charge in [0.2, 0.25) is 11.8 Å². The van der Waals surface area contributed by atoms with Gasteiger partial charge in [-0.15, -0.1) is 0 Å². The third kappa shape index (κ3) is 3.97. The zero-order chi connectivity index (χ0) is 26.4. The number of fused-ring (bicyclic) bond motifs is 5. The number of amides is 2. The van der Waals surface area contributed by atoms with Gasteiger partial charge in [0.25, 0.3) is 0 Å². The van der Waals surface area contributed by atoms with E-state index in [1.165, 1.54) is 4.90 Å². The van der Waals surface area contributed by atoms with Gasteiger partial charge in [0.1, 0.15) is 11.8 Å². The summed E-state index contributed by atoms with van der Waals surface area (Å²) in [6.07, 6.45) is 5.95. The van der Waals surface area contributed by atoms with Crippen LogP contribution in [0.15, 0.2) is 83.3 Å². The molecule has 3 aliphatic rings. The number of nitrogens with zero attached hydrogens (tertiary/aromatic N) is 2. The number of ketones is 1. The molecule has 4 atom stereocenters. The molecule has 6 nitrogen and oxygen atoms in total. The number of carbonyl (C=O) groups is 3. The zero-order valence-corrected chi connectivity index (χ0v) is 22.5. The van der Waals surface area contributed by atoms with Gasteiger partial charge >= 0.3 is 0 Å². The van der Waals surface area contributed by atoms with Crippen molar-refractivity contribution < 1.29 is 19.1 Å². The van der Waals surface area contributed by atoms with E-state index < -0.39 is 23.9 Å². The number of ether oxygens (including phenoxy) is 1. The number of unbranched alkanes of at least 4 members (excludes halogenated alkanes) is 1. The van der Waals surface area contributed by atoms with Gasteiger partial charge < -0.3 is 9.64 Å². The summed E-state index contributed by atoms with van der Waals surface area (Å²) in [6.45, 7) is 2.72. The molecular weight excluding hydrogens is 544 g/mol. The van der Waals surface area contributed by atoms with E-state index in [4.69, 9.17) is 4.74 Å². The molecular formula is C31H27BrN2O4. The van der Waals surface area contributed by atoms with E-state index in [0.29, 0.717) is 23.6 Å². The average Bonchev–Trinajstić information content (AvgIpc) is 3.42. The standard InChI is InChI=1S/C31H27BrN2O4/c1-2-3-18-38-23-15-13-22(14-16-23)33-30(36)26-25-17-10-19-6-4-5-7-24(19)34(25)28(27(26)31(33)37)29(35)20-8-11-21(32)12-9-20/h4-17,25-28H,2-3,18H2,1H3. The molecule has 38 heavy (non-hydrogen) atoms. The third-order valence-corrected chi connectivity index (χ3v) is 8.20. The van der Waals surface area contributed by atoms with Gasteiger partial charge in [-0.05, 0) is 54.4 Å². The number of anilines is 2. The first kappa shape index (κ1) is 24.6. The molecule has 0 spiro atoms. The quantitative estimate of drug-likeness (QED) is 0.201. The maximum absolute atomic E-state index is 14.1. The van der Waals surface area contributed by atoms with Crippen molar-refractivity contribution >= 4 is 51.0 Å². The highest BCUT2D eigenvalue weighted by atomic mass is 79.9. The molecule has 0 aliphatic carbocycles. The van der Waals surface area contributed by atoms with Crippen molar-refractivity contribution in [1.29, 1.82) is 0 Å². The number of imide groups is 1. The van der Waals surface area contributed by atoms with Crippen LogP contribution < -0.4 is 14.5 Å². The number of para-hydroxylation sites is 1. The van der Waals surface area contributed by atoms with Crippen LogP contribution in [0.3, 0.4) is 0 Å². The average molecular weight is 571 g/mol. The third-order valence-electron chi connectivity index (χ3n) is 7.67. The number of halogens is 1. The Hall–Kier alpha value is -3.71. The van der Waals surface area contributed by atoms with Crippen LogP contribution in [0, 0.1) is 11.8 Å². The minimum atomic E-state index is -0.796. The molecule has 0 aromatic heterocycles. The lowest BCUT2D eigenvalue weighted by atomic mass is 9.86. The van der Waals surface area contributed by atoms with Crippen molar-refractivity contribution in [3.05, 3.63) is 94.5 Å². The molecule has 7 heteroatoms. The van der Waals surface area contributed by atoms with Crippen molar-refractivity contribution in [2.24, 2.45) is 11.8 Å². The van der Waals surface area contributed by atoms with Crippen LogP contribution in [0.2, 0.25) is 0 Å². The lowest BCUT2D eigenvalue weighted by molar-refractivity contribution is -0.122. The highest BCUT2D eigenvalue weighted by molar-refractivity contribution is 9.10. The summed E-state index contributed by atoms with van der Waals surface area (Å²) in [4.78, 5) is 45.2. The highest BCUT2D eigenvalue weighted by Crippen LogP contribution is 2.49. The van der Waals surface area contributed by atoms with Crippen LogP contribution in [-0.2, 0) is 9.59 Å². The largest absolute Gasteiger partial charge is 0.494 e. The van der Waals surface area contributed by atoms with Crippen LogP contribution >= 0.6 is 15.9 Å². The summed E-state index contributed by atoms with van der Waals surface area (Å²) in [5.74, 6) is -1.53. The minimum Gasteiger partial charge on any atom is -0.494 e. The van der Waals surface area contributed by atoms with Gasteiger partial charge in [-0.25, -0.2) is 4.90 Å². The van der Waals surface area contributed by atoms with E-state index in [9.17, 15) is 14.4 Å². The molecule has 2 amide bonds. The maximum atomic E-state index is 14.1. The number of Topliss-reactive ketones (excluding diaryl/α,β-unsaturated/α-hetero) is 1. The van der Waals surface area contributed by atoms with E-state index in [-0.39, 0.29) is 17.6 Å². The molecule has 4 unspecified atom stereocenters. The molecule has 3 heterocycles. The Kier molecular flexibility index (Phi) is 6.40. The highest BCUT2D eigenvalue weighted by Gasteiger charge is 2.64. The van der Waals surface area contributed by atoms with Gasteiger partial charge in [0.05, 0.1) is 30.2 Å². The number of hydrogen-bond acceptors (Lipinski definition) is 5. The van der Waals surface area contributed by atoms with E-state index in [1.54, 1.807) is 36.4 Å². The van der Waals surface area contributed by atoms with Gasteiger partial charge in [0.15, 0.2) is 5.78 Å². The molecule has 2 fully saturated rings. The van der Waals surface area contributed by atoms with Crippen molar-refractivity contribution in [2.75, 3.05) is 16.4 Å².